The number of aliphatic hydroxyl groups is 2. The molecule has 0 spiro atoms. The highest BCUT2D eigenvalue weighted by Crippen LogP contribution is 2.34. The minimum atomic E-state index is -1.15. The second kappa shape index (κ2) is 6.80. The van der Waals surface area contributed by atoms with Crippen LogP contribution in [0.4, 0.5) is 10.2 Å². The monoisotopic (exact) mass is 377 g/mol. The van der Waals surface area contributed by atoms with Crippen molar-refractivity contribution in [3.05, 3.63) is 42.7 Å². The molecule has 4 N–H and O–H groups in total. The highest BCUT2D eigenvalue weighted by atomic mass is 32.2. The smallest absolute Gasteiger partial charge is 0.167 e. The van der Waals surface area contributed by atoms with Crippen LogP contribution in [0.25, 0.3) is 11.2 Å². The summed E-state index contributed by atoms with van der Waals surface area (Å²) in [6.07, 6.45) is -0.932. The molecule has 1 aromatic carbocycles. The summed E-state index contributed by atoms with van der Waals surface area (Å²) in [5.41, 5.74) is 6.59. The summed E-state index contributed by atoms with van der Waals surface area (Å²) < 4.78 is 20.4. The van der Waals surface area contributed by atoms with Gasteiger partial charge in [-0.3, -0.25) is 4.57 Å². The molecule has 0 radical (unpaired) electrons. The van der Waals surface area contributed by atoms with E-state index in [1.807, 2.05) is 0 Å². The molecule has 0 unspecified atom stereocenters. The van der Waals surface area contributed by atoms with Crippen molar-refractivity contribution in [2.45, 2.75) is 29.4 Å². The zero-order valence-electron chi connectivity index (χ0n) is 13.4. The van der Waals surface area contributed by atoms with Crippen LogP contribution in [-0.4, -0.2) is 53.8 Å². The first-order chi connectivity index (χ1) is 12.5. The first-order valence-electron chi connectivity index (χ1n) is 7.87. The largest absolute Gasteiger partial charge is 0.387 e. The Morgan fingerprint density at radius 3 is 2.69 bits per heavy atom. The molecule has 0 aliphatic carbocycles. The van der Waals surface area contributed by atoms with Gasteiger partial charge in [0, 0.05) is 10.6 Å². The van der Waals surface area contributed by atoms with Gasteiger partial charge in [0.1, 0.15) is 29.9 Å². The Bertz CT molecular complexity index is 922. The van der Waals surface area contributed by atoms with Crippen LogP contribution in [-0.2, 0) is 4.74 Å². The van der Waals surface area contributed by atoms with E-state index >= 15 is 0 Å². The molecule has 0 saturated carbocycles. The molecule has 1 aliphatic rings. The molecule has 8 nitrogen and oxygen atoms in total. The molecule has 4 atom stereocenters. The lowest BCUT2D eigenvalue weighted by Crippen LogP contribution is -2.32. The molecule has 1 aliphatic heterocycles. The molecule has 1 saturated heterocycles. The number of nitrogen functional groups attached to an aromatic ring is 1. The van der Waals surface area contributed by atoms with Crippen molar-refractivity contribution in [3.8, 4) is 0 Å². The van der Waals surface area contributed by atoms with Crippen molar-refractivity contribution >= 4 is 28.7 Å². The van der Waals surface area contributed by atoms with Gasteiger partial charge in [0.05, 0.1) is 12.4 Å². The van der Waals surface area contributed by atoms with Crippen LogP contribution in [0.1, 0.15) is 6.23 Å². The van der Waals surface area contributed by atoms with Gasteiger partial charge >= 0.3 is 0 Å². The summed E-state index contributed by atoms with van der Waals surface area (Å²) in [6.45, 7) is 0. The Kier molecular flexibility index (Phi) is 4.49. The van der Waals surface area contributed by atoms with Gasteiger partial charge in [-0.05, 0) is 24.3 Å². The number of imidazole rings is 1. The second-order valence-corrected chi connectivity index (χ2v) is 6.99. The minimum absolute atomic E-state index is 0.227. The Labute approximate surface area is 151 Å². The summed E-state index contributed by atoms with van der Waals surface area (Å²) in [5.74, 6) is 0.310. The zero-order valence-corrected chi connectivity index (χ0v) is 14.3. The first kappa shape index (κ1) is 17.2. The van der Waals surface area contributed by atoms with E-state index in [2.05, 4.69) is 15.0 Å². The van der Waals surface area contributed by atoms with Gasteiger partial charge in [0.15, 0.2) is 17.7 Å². The minimum Gasteiger partial charge on any atom is -0.387 e. The highest BCUT2D eigenvalue weighted by molar-refractivity contribution is 7.99. The number of anilines is 1. The maximum atomic E-state index is 13.0. The number of aromatic nitrogens is 4. The van der Waals surface area contributed by atoms with E-state index < -0.39 is 24.5 Å². The van der Waals surface area contributed by atoms with E-state index in [1.54, 1.807) is 12.1 Å². The third-order valence-electron chi connectivity index (χ3n) is 4.23. The van der Waals surface area contributed by atoms with Crippen molar-refractivity contribution in [1.82, 2.24) is 19.5 Å². The van der Waals surface area contributed by atoms with E-state index in [-0.39, 0.29) is 11.6 Å². The predicted octanol–water partition coefficient (Wildman–Crippen LogP) is 0.959. The average Bonchev–Trinajstić information content (AvgIpc) is 3.18. The third-order valence-corrected chi connectivity index (χ3v) is 5.33. The molecule has 1 fully saturated rings. The van der Waals surface area contributed by atoms with Crippen molar-refractivity contribution in [1.29, 1.82) is 0 Å². The summed E-state index contributed by atoms with van der Waals surface area (Å²) in [5, 5.41) is 20.7. The molecule has 136 valence electrons. The number of fused-ring (bicyclic) bond motifs is 1. The molecular weight excluding hydrogens is 361 g/mol. The molecule has 2 aromatic heterocycles. The van der Waals surface area contributed by atoms with Gasteiger partial charge in [-0.15, -0.1) is 11.8 Å². The van der Waals surface area contributed by atoms with Gasteiger partial charge in [-0.2, -0.15) is 0 Å². The molecule has 26 heavy (non-hydrogen) atoms. The van der Waals surface area contributed by atoms with Crippen molar-refractivity contribution in [3.63, 3.8) is 0 Å². The quantitative estimate of drug-likeness (QED) is 0.575. The van der Waals surface area contributed by atoms with Crippen LogP contribution < -0.4 is 5.73 Å². The lowest BCUT2D eigenvalue weighted by molar-refractivity contribution is -0.0289. The van der Waals surface area contributed by atoms with Crippen molar-refractivity contribution < 1.29 is 19.3 Å². The number of thioether (sulfide) groups is 1. The predicted molar refractivity (Wildman–Crippen MR) is 92.8 cm³/mol. The van der Waals surface area contributed by atoms with Gasteiger partial charge in [0.2, 0.25) is 0 Å². The van der Waals surface area contributed by atoms with E-state index in [9.17, 15) is 14.6 Å². The first-order valence-corrected chi connectivity index (χ1v) is 8.86. The number of hydrogen-bond donors (Lipinski definition) is 3. The van der Waals surface area contributed by atoms with Crippen LogP contribution >= 0.6 is 11.8 Å². The van der Waals surface area contributed by atoms with Gasteiger partial charge in [-0.25, -0.2) is 19.3 Å². The maximum absolute atomic E-state index is 13.0. The van der Waals surface area contributed by atoms with Crippen molar-refractivity contribution in [2.24, 2.45) is 0 Å². The van der Waals surface area contributed by atoms with E-state index in [4.69, 9.17) is 10.5 Å². The SMILES string of the molecule is Nc1ncnc2c1ncn2[C@@H]1O[C@H](CSc2ccc(F)cc2)[C@@H](O)[C@H]1O. The molecule has 4 rings (SSSR count). The number of aliphatic hydroxyl groups excluding tert-OH is 2. The standard InChI is InChI=1S/C16H16FN5O3S/c17-8-1-3-9(4-2-8)26-5-10-12(23)13(24)16(25-10)22-7-21-11-14(18)19-6-20-15(11)22/h1-4,6-7,10,12-13,16,23-24H,5H2,(H2,18,19,20)/t10-,12-,13-,16-/m1/s1. The summed E-state index contributed by atoms with van der Waals surface area (Å²) in [4.78, 5) is 13.0. The number of nitrogens with two attached hydrogens (primary N) is 1. The maximum Gasteiger partial charge on any atom is 0.167 e. The molecule has 0 amide bonds. The van der Waals surface area contributed by atoms with Crippen LogP contribution in [0, 0.1) is 5.82 Å². The molecule has 10 heteroatoms. The Hall–Kier alpha value is -2.27. The topological polar surface area (TPSA) is 119 Å². The molecule has 3 aromatic rings. The van der Waals surface area contributed by atoms with Gasteiger partial charge in [0.25, 0.3) is 0 Å². The Balaban J connectivity index is 1.52. The number of benzene rings is 1. The van der Waals surface area contributed by atoms with Crippen LogP contribution in [0.2, 0.25) is 0 Å². The van der Waals surface area contributed by atoms with E-state index in [0.717, 1.165) is 4.90 Å². The molecule has 0 bridgehead atoms. The zero-order chi connectivity index (χ0) is 18.3. The van der Waals surface area contributed by atoms with Crippen LogP contribution in [0.15, 0.2) is 41.8 Å². The normalized spacial score (nSPS) is 25.8. The molecule has 3 heterocycles. The summed E-state index contributed by atoms with van der Waals surface area (Å²) in [7, 11) is 0. The number of rotatable bonds is 4. The van der Waals surface area contributed by atoms with Gasteiger partial charge in [-0.1, -0.05) is 0 Å². The van der Waals surface area contributed by atoms with Crippen LogP contribution in [0.3, 0.4) is 0 Å². The fourth-order valence-electron chi connectivity index (χ4n) is 2.86. The fraction of sp³-hybridized carbons (Fsp3) is 0.312. The second-order valence-electron chi connectivity index (χ2n) is 5.89. The fourth-order valence-corrected chi connectivity index (χ4v) is 3.82. The van der Waals surface area contributed by atoms with E-state index in [1.165, 1.54) is 41.1 Å². The van der Waals surface area contributed by atoms with E-state index in [0.29, 0.717) is 16.9 Å². The number of ether oxygens (including phenoxy) is 1. The van der Waals surface area contributed by atoms with Crippen LogP contribution in [0.5, 0.6) is 0 Å². The average molecular weight is 377 g/mol. The van der Waals surface area contributed by atoms with Crippen molar-refractivity contribution in [2.75, 3.05) is 11.5 Å². The highest BCUT2D eigenvalue weighted by Gasteiger charge is 2.44. The summed E-state index contributed by atoms with van der Waals surface area (Å²) in [6, 6.07) is 6.04. The number of halogens is 1. The van der Waals surface area contributed by atoms with Gasteiger partial charge < -0.3 is 20.7 Å². The third kappa shape index (κ3) is 3.01. The Morgan fingerprint density at radius 2 is 1.92 bits per heavy atom. The number of hydrogen-bond acceptors (Lipinski definition) is 8. The Morgan fingerprint density at radius 1 is 1.15 bits per heavy atom. The summed E-state index contributed by atoms with van der Waals surface area (Å²) >= 11 is 1.40. The number of nitrogens with zero attached hydrogens (tertiary/aromatic N) is 4. The lowest BCUT2D eigenvalue weighted by Gasteiger charge is -2.16. The lowest BCUT2D eigenvalue weighted by atomic mass is 10.1. The molecular formula is C16H16FN5O3S.